The summed E-state index contributed by atoms with van der Waals surface area (Å²) in [6.07, 6.45) is 11.0. The smallest absolute Gasteiger partial charge is 0.0357 e. The maximum absolute atomic E-state index is 6.23. The summed E-state index contributed by atoms with van der Waals surface area (Å²) in [6, 6.07) is 0. The van der Waals surface area contributed by atoms with Crippen molar-refractivity contribution in [2.75, 3.05) is 19.6 Å². The third kappa shape index (κ3) is 2.71. The minimum Gasteiger partial charge on any atom is -0.329 e. The van der Waals surface area contributed by atoms with E-state index in [0.717, 1.165) is 12.5 Å². The Hall–Kier alpha value is -0.0800. The molecule has 0 bridgehead atoms. The lowest BCUT2D eigenvalue weighted by atomic mass is 9.65. The molecule has 1 aliphatic carbocycles. The van der Waals surface area contributed by atoms with Crippen LogP contribution in [0.15, 0.2) is 0 Å². The van der Waals surface area contributed by atoms with Crippen molar-refractivity contribution in [3.05, 3.63) is 0 Å². The molecule has 0 amide bonds. The molecule has 1 saturated heterocycles. The van der Waals surface area contributed by atoms with Crippen LogP contribution in [0.5, 0.6) is 0 Å². The number of likely N-dealkylation sites (tertiary alicyclic amines) is 1. The molecular weight excluding hydrogens is 232 g/mol. The van der Waals surface area contributed by atoms with Crippen LogP contribution in [0.4, 0.5) is 0 Å². The predicted molar refractivity (Wildman–Crippen MR) is 83.2 cm³/mol. The zero-order valence-corrected chi connectivity index (χ0v) is 13.4. The van der Waals surface area contributed by atoms with E-state index >= 15 is 0 Å². The molecule has 2 atom stereocenters. The summed E-state index contributed by atoms with van der Waals surface area (Å²) in [5, 5.41) is 0. The summed E-state index contributed by atoms with van der Waals surface area (Å²) >= 11 is 0. The molecule has 2 rings (SSSR count). The van der Waals surface area contributed by atoms with Crippen molar-refractivity contribution in [1.29, 1.82) is 0 Å². The normalized spacial score (nSPS) is 35.1. The second-order valence-corrected chi connectivity index (χ2v) is 7.31. The molecule has 2 heteroatoms. The molecule has 112 valence electrons. The molecule has 2 nitrogen and oxygen atoms in total. The van der Waals surface area contributed by atoms with Crippen molar-refractivity contribution in [3.63, 3.8) is 0 Å². The van der Waals surface area contributed by atoms with Crippen LogP contribution in [0.2, 0.25) is 0 Å². The lowest BCUT2D eigenvalue weighted by Gasteiger charge is -2.62. The number of rotatable bonds is 6. The van der Waals surface area contributed by atoms with Gasteiger partial charge in [0, 0.05) is 25.2 Å². The highest BCUT2D eigenvalue weighted by Gasteiger charge is 2.52. The highest BCUT2D eigenvalue weighted by atomic mass is 15.3. The molecule has 2 fully saturated rings. The lowest BCUT2D eigenvalue weighted by Crippen LogP contribution is -2.70. The van der Waals surface area contributed by atoms with Crippen molar-refractivity contribution >= 4 is 0 Å². The van der Waals surface area contributed by atoms with Gasteiger partial charge in [-0.25, -0.2) is 0 Å². The molecule has 2 aliphatic rings. The maximum atomic E-state index is 6.23. The average molecular weight is 266 g/mol. The van der Waals surface area contributed by atoms with Gasteiger partial charge in [-0.15, -0.1) is 0 Å². The molecule has 1 heterocycles. The summed E-state index contributed by atoms with van der Waals surface area (Å²) in [5.41, 5.74) is 7.20. The summed E-state index contributed by atoms with van der Waals surface area (Å²) in [6.45, 7) is 10.6. The van der Waals surface area contributed by atoms with Crippen molar-refractivity contribution in [2.24, 2.45) is 17.1 Å². The molecule has 0 radical (unpaired) electrons. The number of hydrogen-bond acceptors (Lipinski definition) is 2. The fourth-order valence-electron chi connectivity index (χ4n) is 4.88. The van der Waals surface area contributed by atoms with Gasteiger partial charge in [0.25, 0.3) is 0 Å². The van der Waals surface area contributed by atoms with Gasteiger partial charge in [0.05, 0.1) is 0 Å². The first-order chi connectivity index (χ1) is 9.12. The monoisotopic (exact) mass is 266 g/mol. The van der Waals surface area contributed by atoms with Gasteiger partial charge in [-0.2, -0.15) is 0 Å². The van der Waals surface area contributed by atoms with Gasteiger partial charge in [0.15, 0.2) is 0 Å². The fraction of sp³-hybridized carbons (Fsp3) is 1.00. The number of nitrogens with zero attached hydrogens (tertiary/aromatic N) is 1. The minimum absolute atomic E-state index is 0.337. The van der Waals surface area contributed by atoms with Gasteiger partial charge in [-0.05, 0) is 37.0 Å². The Morgan fingerprint density at radius 1 is 1.11 bits per heavy atom. The van der Waals surface area contributed by atoms with Crippen molar-refractivity contribution in [2.45, 2.75) is 77.7 Å². The molecule has 0 aromatic rings. The van der Waals surface area contributed by atoms with Crippen molar-refractivity contribution in [3.8, 4) is 0 Å². The van der Waals surface area contributed by atoms with E-state index in [1.54, 1.807) is 0 Å². The standard InChI is InChI=1S/C17H34N2/c1-4-9-16(10-5-2)13-19(14-16)17(12-18)11-7-6-8-15(17)3/h15H,4-14,18H2,1-3H3. The van der Waals surface area contributed by atoms with Crippen molar-refractivity contribution < 1.29 is 0 Å². The molecule has 2 unspecified atom stereocenters. The summed E-state index contributed by atoms with van der Waals surface area (Å²) < 4.78 is 0. The van der Waals surface area contributed by atoms with E-state index in [9.17, 15) is 0 Å². The van der Waals surface area contributed by atoms with E-state index in [1.165, 1.54) is 64.5 Å². The van der Waals surface area contributed by atoms with Crippen LogP contribution in [0.25, 0.3) is 0 Å². The van der Waals surface area contributed by atoms with E-state index in [0.29, 0.717) is 11.0 Å². The van der Waals surface area contributed by atoms with E-state index in [4.69, 9.17) is 5.73 Å². The molecule has 0 aromatic heterocycles. The number of nitrogens with two attached hydrogens (primary N) is 1. The second kappa shape index (κ2) is 6.13. The Balaban J connectivity index is 2.03. The van der Waals surface area contributed by atoms with Gasteiger partial charge >= 0.3 is 0 Å². The van der Waals surface area contributed by atoms with Crippen LogP contribution in [0.1, 0.15) is 72.1 Å². The summed E-state index contributed by atoms with van der Waals surface area (Å²) in [4.78, 5) is 2.77. The molecular formula is C17H34N2. The largest absolute Gasteiger partial charge is 0.329 e. The minimum atomic E-state index is 0.337. The Morgan fingerprint density at radius 2 is 1.74 bits per heavy atom. The first-order valence-corrected chi connectivity index (χ1v) is 8.57. The second-order valence-electron chi connectivity index (χ2n) is 7.31. The Labute approximate surface area is 120 Å². The summed E-state index contributed by atoms with van der Waals surface area (Å²) in [7, 11) is 0. The highest BCUT2D eigenvalue weighted by Crippen LogP contribution is 2.48. The van der Waals surface area contributed by atoms with Crippen LogP contribution in [0, 0.1) is 11.3 Å². The van der Waals surface area contributed by atoms with E-state index in [-0.39, 0.29) is 0 Å². The third-order valence-electron chi connectivity index (χ3n) is 6.01. The molecule has 0 spiro atoms. The Kier molecular flexibility index (Phi) is 4.94. The van der Waals surface area contributed by atoms with Gasteiger partial charge in [0.2, 0.25) is 0 Å². The van der Waals surface area contributed by atoms with Crippen LogP contribution in [-0.2, 0) is 0 Å². The Bertz CT molecular complexity index is 275. The topological polar surface area (TPSA) is 29.3 Å². The molecule has 2 N–H and O–H groups in total. The molecule has 19 heavy (non-hydrogen) atoms. The van der Waals surface area contributed by atoms with Gasteiger partial charge in [0.1, 0.15) is 0 Å². The first kappa shape index (κ1) is 15.3. The predicted octanol–water partition coefficient (Wildman–Crippen LogP) is 3.80. The van der Waals surface area contributed by atoms with Gasteiger partial charge in [-0.1, -0.05) is 46.5 Å². The van der Waals surface area contributed by atoms with Crippen LogP contribution in [-0.4, -0.2) is 30.1 Å². The molecule has 1 aliphatic heterocycles. The number of hydrogen-bond donors (Lipinski definition) is 1. The van der Waals surface area contributed by atoms with E-state index in [1.807, 2.05) is 0 Å². The van der Waals surface area contributed by atoms with Gasteiger partial charge < -0.3 is 5.73 Å². The van der Waals surface area contributed by atoms with Crippen LogP contribution < -0.4 is 5.73 Å². The average Bonchev–Trinajstić information content (AvgIpc) is 2.37. The third-order valence-corrected chi connectivity index (χ3v) is 6.01. The summed E-state index contributed by atoms with van der Waals surface area (Å²) in [5.74, 6) is 0.785. The molecule has 0 aromatic carbocycles. The maximum Gasteiger partial charge on any atom is 0.0357 e. The quantitative estimate of drug-likeness (QED) is 0.792. The zero-order valence-electron chi connectivity index (χ0n) is 13.4. The van der Waals surface area contributed by atoms with Crippen LogP contribution >= 0.6 is 0 Å². The molecule has 1 saturated carbocycles. The highest BCUT2D eigenvalue weighted by molar-refractivity contribution is 5.07. The SMILES string of the molecule is CCCC1(CCC)CN(C2(CN)CCCCC2C)C1. The van der Waals surface area contributed by atoms with E-state index < -0.39 is 0 Å². The first-order valence-electron chi connectivity index (χ1n) is 8.57. The van der Waals surface area contributed by atoms with Crippen LogP contribution in [0.3, 0.4) is 0 Å². The van der Waals surface area contributed by atoms with Crippen molar-refractivity contribution in [1.82, 2.24) is 4.90 Å². The lowest BCUT2D eigenvalue weighted by molar-refractivity contribution is -0.117. The van der Waals surface area contributed by atoms with E-state index in [2.05, 4.69) is 25.7 Å². The zero-order chi connectivity index (χ0) is 13.9. The van der Waals surface area contributed by atoms with Gasteiger partial charge in [-0.3, -0.25) is 4.90 Å². The Morgan fingerprint density at radius 3 is 2.21 bits per heavy atom. The fourth-order valence-corrected chi connectivity index (χ4v) is 4.88.